The third-order valence-electron chi connectivity index (χ3n) is 5.18. The van der Waals surface area contributed by atoms with Crippen molar-refractivity contribution in [3.63, 3.8) is 0 Å². The molecule has 1 saturated carbocycles. The van der Waals surface area contributed by atoms with Gasteiger partial charge in [0.05, 0.1) is 12.6 Å². The number of carbonyl (C=O) groups excluding carboxylic acids is 2. The number of amides is 2. The lowest BCUT2D eigenvalue weighted by molar-refractivity contribution is -0.119. The maximum atomic E-state index is 13.0. The number of ether oxygens (including phenoxy) is 2. The van der Waals surface area contributed by atoms with E-state index >= 15 is 0 Å². The first-order valence-electron chi connectivity index (χ1n) is 9.42. The average Bonchev–Trinajstić information content (AvgIpc) is 3.15. The van der Waals surface area contributed by atoms with E-state index in [1.807, 2.05) is 6.07 Å². The second kappa shape index (κ2) is 8.33. The van der Waals surface area contributed by atoms with Crippen LogP contribution in [0.2, 0.25) is 0 Å². The molecule has 28 heavy (non-hydrogen) atoms. The molecule has 1 fully saturated rings. The number of hydrogen-bond donors (Lipinski definition) is 2. The topological polar surface area (TPSA) is 90.7 Å². The van der Waals surface area contributed by atoms with Gasteiger partial charge in [0, 0.05) is 5.56 Å². The first-order chi connectivity index (χ1) is 13.4. The molecule has 0 unspecified atom stereocenters. The molecule has 3 N–H and O–H groups in total. The van der Waals surface area contributed by atoms with E-state index in [-0.39, 0.29) is 18.1 Å². The Balaban J connectivity index is 1.83. The Morgan fingerprint density at radius 2 is 1.86 bits per heavy atom. The Labute approximate surface area is 165 Å². The Kier molecular flexibility index (Phi) is 5.87. The van der Waals surface area contributed by atoms with Gasteiger partial charge in [-0.1, -0.05) is 42.7 Å². The molecule has 1 aliphatic carbocycles. The van der Waals surface area contributed by atoms with Gasteiger partial charge in [0.2, 0.25) is 0 Å². The molecule has 0 spiro atoms. The van der Waals surface area contributed by atoms with E-state index in [2.05, 4.69) is 30.4 Å². The van der Waals surface area contributed by atoms with E-state index in [0.717, 1.165) is 31.2 Å². The fourth-order valence-electron chi connectivity index (χ4n) is 3.77. The van der Waals surface area contributed by atoms with Gasteiger partial charge in [-0.25, -0.2) is 0 Å². The fourth-order valence-corrected chi connectivity index (χ4v) is 3.77. The van der Waals surface area contributed by atoms with E-state index in [9.17, 15) is 9.59 Å². The summed E-state index contributed by atoms with van der Waals surface area (Å²) in [6.45, 7) is 1.81. The van der Waals surface area contributed by atoms with Crippen molar-refractivity contribution in [2.24, 2.45) is 5.73 Å². The number of rotatable bonds is 7. The minimum absolute atomic E-state index is 0.164. The van der Waals surface area contributed by atoms with Crippen molar-refractivity contribution in [1.82, 2.24) is 5.32 Å². The maximum absolute atomic E-state index is 13.0. The summed E-state index contributed by atoms with van der Waals surface area (Å²) in [6, 6.07) is 13.2. The monoisotopic (exact) mass is 382 g/mol. The summed E-state index contributed by atoms with van der Waals surface area (Å²) in [5.41, 5.74) is 7.56. The summed E-state index contributed by atoms with van der Waals surface area (Å²) in [4.78, 5) is 24.0. The summed E-state index contributed by atoms with van der Waals surface area (Å²) in [6.07, 6.45) is 3.99. The number of benzene rings is 2. The van der Waals surface area contributed by atoms with Crippen molar-refractivity contribution in [3.8, 4) is 11.5 Å². The van der Waals surface area contributed by atoms with Crippen LogP contribution >= 0.6 is 0 Å². The summed E-state index contributed by atoms with van der Waals surface area (Å²) >= 11 is 0. The second-order valence-electron chi connectivity index (χ2n) is 7.23. The van der Waals surface area contributed by atoms with Crippen LogP contribution in [0.15, 0.2) is 42.5 Å². The van der Waals surface area contributed by atoms with Crippen LogP contribution in [0.1, 0.15) is 47.2 Å². The zero-order valence-electron chi connectivity index (χ0n) is 16.3. The van der Waals surface area contributed by atoms with E-state index in [4.69, 9.17) is 15.2 Å². The molecule has 6 nitrogen and oxygen atoms in total. The van der Waals surface area contributed by atoms with Gasteiger partial charge in [-0.2, -0.15) is 0 Å². The highest BCUT2D eigenvalue weighted by Crippen LogP contribution is 2.39. The van der Waals surface area contributed by atoms with Crippen LogP contribution < -0.4 is 20.5 Å². The third kappa shape index (κ3) is 4.27. The van der Waals surface area contributed by atoms with Gasteiger partial charge in [-0.3, -0.25) is 9.59 Å². The van der Waals surface area contributed by atoms with Gasteiger partial charge >= 0.3 is 0 Å². The van der Waals surface area contributed by atoms with Crippen molar-refractivity contribution in [2.45, 2.75) is 38.1 Å². The minimum Gasteiger partial charge on any atom is -0.493 e. The lowest BCUT2D eigenvalue weighted by Gasteiger charge is -2.31. The summed E-state index contributed by atoms with van der Waals surface area (Å²) < 4.78 is 10.6. The number of primary amides is 1. The third-order valence-corrected chi connectivity index (χ3v) is 5.18. The van der Waals surface area contributed by atoms with Crippen LogP contribution in [-0.2, 0) is 10.3 Å². The number of carbonyl (C=O) groups is 2. The lowest BCUT2D eigenvalue weighted by atomic mass is 9.87. The summed E-state index contributed by atoms with van der Waals surface area (Å²) in [5, 5.41) is 3.26. The Bertz CT molecular complexity index is 873. The Hall–Kier alpha value is -3.02. The normalized spacial score (nSPS) is 15.1. The highest BCUT2D eigenvalue weighted by molar-refractivity contribution is 5.95. The highest BCUT2D eigenvalue weighted by Gasteiger charge is 2.37. The van der Waals surface area contributed by atoms with Crippen molar-refractivity contribution in [1.29, 1.82) is 0 Å². The van der Waals surface area contributed by atoms with Gasteiger partial charge in [-0.15, -0.1) is 0 Å². The van der Waals surface area contributed by atoms with Crippen LogP contribution in [0.4, 0.5) is 0 Å². The molecule has 0 bridgehead atoms. The molecule has 0 atom stereocenters. The van der Waals surface area contributed by atoms with Gasteiger partial charge < -0.3 is 20.5 Å². The molecule has 0 aromatic heterocycles. The van der Waals surface area contributed by atoms with Gasteiger partial charge in [0.15, 0.2) is 18.1 Å². The molecule has 2 aromatic carbocycles. The van der Waals surface area contributed by atoms with Gasteiger partial charge in [0.1, 0.15) is 0 Å². The SMILES string of the molecule is COc1cc(C(=O)NC2(c3cccc(C)c3)CCCC2)ccc1OCC(N)=O. The Morgan fingerprint density at radius 3 is 2.50 bits per heavy atom. The number of aryl methyl sites for hydroxylation is 1. The van der Waals surface area contributed by atoms with Crippen molar-refractivity contribution < 1.29 is 19.1 Å². The van der Waals surface area contributed by atoms with E-state index < -0.39 is 5.91 Å². The molecule has 2 amide bonds. The number of nitrogens with one attached hydrogen (secondary N) is 1. The zero-order chi connectivity index (χ0) is 20.1. The fraction of sp³-hybridized carbons (Fsp3) is 0.364. The molecule has 2 aromatic rings. The number of methoxy groups -OCH3 is 1. The first kappa shape index (κ1) is 19.7. The van der Waals surface area contributed by atoms with Gasteiger partial charge in [-0.05, 0) is 43.5 Å². The van der Waals surface area contributed by atoms with E-state index in [1.165, 1.54) is 12.7 Å². The molecule has 0 heterocycles. The summed E-state index contributed by atoms with van der Waals surface area (Å²) in [7, 11) is 1.49. The number of hydrogen-bond acceptors (Lipinski definition) is 4. The largest absolute Gasteiger partial charge is 0.493 e. The molecule has 1 aliphatic rings. The smallest absolute Gasteiger partial charge is 0.255 e. The molecular formula is C22H26N2O4. The maximum Gasteiger partial charge on any atom is 0.255 e. The van der Waals surface area contributed by atoms with Crippen LogP contribution in [0, 0.1) is 6.92 Å². The molecule has 3 rings (SSSR count). The molecule has 6 heteroatoms. The van der Waals surface area contributed by atoms with Gasteiger partial charge in [0.25, 0.3) is 11.8 Å². The minimum atomic E-state index is -0.579. The van der Waals surface area contributed by atoms with Crippen LogP contribution in [-0.4, -0.2) is 25.5 Å². The molecular weight excluding hydrogens is 356 g/mol. The van der Waals surface area contributed by atoms with Crippen LogP contribution in [0.5, 0.6) is 11.5 Å². The van der Waals surface area contributed by atoms with Crippen molar-refractivity contribution in [2.75, 3.05) is 13.7 Å². The lowest BCUT2D eigenvalue weighted by Crippen LogP contribution is -2.43. The van der Waals surface area contributed by atoms with E-state index in [1.54, 1.807) is 18.2 Å². The molecule has 0 saturated heterocycles. The second-order valence-corrected chi connectivity index (χ2v) is 7.23. The summed E-state index contributed by atoms with van der Waals surface area (Å²) in [5.74, 6) is 0.00500. The van der Waals surface area contributed by atoms with Crippen molar-refractivity contribution in [3.05, 3.63) is 59.2 Å². The van der Waals surface area contributed by atoms with E-state index in [0.29, 0.717) is 17.1 Å². The quantitative estimate of drug-likeness (QED) is 0.770. The molecule has 148 valence electrons. The predicted molar refractivity (Wildman–Crippen MR) is 106 cm³/mol. The predicted octanol–water partition coefficient (Wildman–Crippen LogP) is 3.07. The number of nitrogens with two attached hydrogens (primary N) is 1. The highest BCUT2D eigenvalue weighted by atomic mass is 16.5. The first-order valence-corrected chi connectivity index (χ1v) is 9.42. The molecule has 0 aliphatic heterocycles. The zero-order valence-corrected chi connectivity index (χ0v) is 16.3. The molecule has 0 radical (unpaired) electrons. The average molecular weight is 382 g/mol. The Morgan fingerprint density at radius 1 is 1.11 bits per heavy atom. The van der Waals surface area contributed by atoms with Crippen molar-refractivity contribution >= 4 is 11.8 Å². The van der Waals surface area contributed by atoms with Crippen LogP contribution in [0.3, 0.4) is 0 Å². The standard InChI is InChI=1S/C22H26N2O4/c1-15-6-5-7-17(12-15)22(10-3-4-11-22)24-21(26)16-8-9-18(19(13-16)27-2)28-14-20(23)25/h5-9,12-13H,3-4,10-11,14H2,1-2H3,(H2,23,25)(H,24,26). The van der Waals surface area contributed by atoms with Crippen LogP contribution in [0.25, 0.3) is 0 Å².